The van der Waals surface area contributed by atoms with Gasteiger partial charge >= 0.3 is 0 Å². The molecule has 0 atom stereocenters. The van der Waals surface area contributed by atoms with Gasteiger partial charge in [-0.05, 0) is 66.2 Å². The van der Waals surface area contributed by atoms with Crippen molar-refractivity contribution in [3.05, 3.63) is 95.3 Å². The zero-order valence-electron chi connectivity index (χ0n) is 16.5. The van der Waals surface area contributed by atoms with Crippen molar-refractivity contribution >= 4 is 23.5 Å². The Morgan fingerprint density at radius 2 is 1.63 bits per heavy atom. The number of carbonyl (C=O) groups excluding carboxylic acids is 2. The number of halogens is 1. The van der Waals surface area contributed by atoms with Crippen LogP contribution in [0.3, 0.4) is 0 Å². The molecule has 0 spiro atoms. The van der Waals surface area contributed by atoms with Crippen LogP contribution in [0.25, 0.3) is 6.08 Å². The van der Waals surface area contributed by atoms with Crippen LogP contribution in [0.2, 0.25) is 0 Å². The number of hydrogen-bond acceptors (Lipinski definition) is 4. The number of allylic oxidation sites excluding steroid dienone is 1. The van der Waals surface area contributed by atoms with E-state index in [0.29, 0.717) is 22.6 Å². The first-order valence-corrected chi connectivity index (χ1v) is 9.11. The third-order valence-electron chi connectivity index (χ3n) is 4.36. The number of rotatable bonds is 7. The molecule has 3 aromatic carbocycles. The maximum absolute atomic E-state index is 13.8. The first-order chi connectivity index (χ1) is 14.5. The minimum absolute atomic E-state index is 0.0795. The van der Waals surface area contributed by atoms with Crippen LogP contribution in [0.4, 0.5) is 10.1 Å². The SMILES string of the molecule is COc1ccc(C(=O)Nc2cccc(/C=C/C(=O)c3ccc(OC)c(F)c3)c2)cc1. The highest BCUT2D eigenvalue weighted by Crippen LogP contribution is 2.19. The quantitative estimate of drug-likeness (QED) is 0.444. The summed E-state index contributed by atoms with van der Waals surface area (Å²) >= 11 is 0. The van der Waals surface area contributed by atoms with Crippen molar-refractivity contribution in [3.63, 3.8) is 0 Å². The second kappa shape index (κ2) is 9.52. The third-order valence-corrected chi connectivity index (χ3v) is 4.36. The first-order valence-electron chi connectivity index (χ1n) is 9.11. The van der Waals surface area contributed by atoms with Gasteiger partial charge in [0.25, 0.3) is 5.91 Å². The molecule has 30 heavy (non-hydrogen) atoms. The van der Waals surface area contributed by atoms with Gasteiger partial charge in [0.05, 0.1) is 14.2 Å². The van der Waals surface area contributed by atoms with Crippen LogP contribution >= 0.6 is 0 Å². The largest absolute Gasteiger partial charge is 0.497 e. The van der Waals surface area contributed by atoms with Crippen LogP contribution in [-0.4, -0.2) is 25.9 Å². The summed E-state index contributed by atoms with van der Waals surface area (Å²) in [5.74, 6) is -0.455. The topological polar surface area (TPSA) is 64.6 Å². The molecule has 3 rings (SSSR count). The number of ketones is 1. The highest BCUT2D eigenvalue weighted by molar-refractivity contribution is 6.07. The number of hydrogen-bond donors (Lipinski definition) is 1. The second-order valence-corrected chi connectivity index (χ2v) is 6.35. The number of amides is 1. The highest BCUT2D eigenvalue weighted by Gasteiger charge is 2.09. The fourth-order valence-corrected chi connectivity index (χ4v) is 2.75. The molecule has 1 amide bonds. The second-order valence-electron chi connectivity index (χ2n) is 6.35. The number of nitrogens with one attached hydrogen (secondary N) is 1. The monoisotopic (exact) mass is 405 g/mol. The Morgan fingerprint density at radius 1 is 0.900 bits per heavy atom. The summed E-state index contributed by atoms with van der Waals surface area (Å²) < 4.78 is 23.7. The molecule has 0 saturated heterocycles. The molecule has 5 nitrogen and oxygen atoms in total. The lowest BCUT2D eigenvalue weighted by Gasteiger charge is -2.07. The molecule has 0 saturated carbocycles. The van der Waals surface area contributed by atoms with Gasteiger partial charge in [-0.1, -0.05) is 18.2 Å². The minimum atomic E-state index is -0.597. The van der Waals surface area contributed by atoms with Crippen LogP contribution in [0.5, 0.6) is 11.5 Å². The fourth-order valence-electron chi connectivity index (χ4n) is 2.75. The van der Waals surface area contributed by atoms with E-state index in [0.717, 1.165) is 6.07 Å². The van der Waals surface area contributed by atoms with E-state index < -0.39 is 5.82 Å². The lowest BCUT2D eigenvalue weighted by Crippen LogP contribution is -2.11. The Bertz CT molecular complexity index is 1090. The smallest absolute Gasteiger partial charge is 0.255 e. The number of ether oxygens (including phenoxy) is 2. The van der Waals surface area contributed by atoms with Crippen molar-refractivity contribution in [1.82, 2.24) is 0 Å². The Balaban J connectivity index is 1.69. The number of methoxy groups -OCH3 is 2. The summed E-state index contributed by atoms with van der Waals surface area (Å²) in [6, 6.07) is 17.9. The summed E-state index contributed by atoms with van der Waals surface area (Å²) in [5.41, 5.74) is 2.01. The van der Waals surface area contributed by atoms with Crippen molar-refractivity contribution in [2.24, 2.45) is 0 Å². The van der Waals surface area contributed by atoms with E-state index in [2.05, 4.69) is 5.32 Å². The molecule has 0 aromatic heterocycles. The van der Waals surface area contributed by atoms with E-state index in [1.165, 1.54) is 25.3 Å². The average Bonchev–Trinajstić information content (AvgIpc) is 2.77. The Morgan fingerprint density at radius 3 is 2.30 bits per heavy atom. The van der Waals surface area contributed by atoms with Crippen LogP contribution in [0.1, 0.15) is 26.3 Å². The number of carbonyl (C=O) groups is 2. The molecule has 0 aliphatic heterocycles. The molecule has 152 valence electrons. The number of anilines is 1. The van der Waals surface area contributed by atoms with Gasteiger partial charge in [-0.3, -0.25) is 9.59 Å². The van der Waals surface area contributed by atoms with E-state index in [4.69, 9.17) is 9.47 Å². The van der Waals surface area contributed by atoms with Crippen molar-refractivity contribution in [2.45, 2.75) is 0 Å². The molecule has 0 aliphatic rings. The highest BCUT2D eigenvalue weighted by atomic mass is 19.1. The molecule has 1 N–H and O–H groups in total. The van der Waals surface area contributed by atoms with Crippen molar-refractivity contribution in [3.8, 4) is 11.5 Å². The predicted molar refractivity (Wildman–Crippen MR) is 114 cm³/mol. The zero-order chi connectivity index (χ0) is 21.5. The molecule has 3 aromatic rings. The molecule has 0 heterocycles. The summed E-state index contributed by atoms with van der Waals surface area (Å²) in [6.07, 6.45) is 2.96. The molecule has 0 radical (unpaired) electrons. The van der Waals surface area contributed by atoms with E-state index in [-0.39, 0.29) is 23.0 Å². The van der Waals surface area contributed by atoms with E-state index >= 15 is 0 Å². The molecule has 6 heteroatoms. The lowest BCUT2D eigenvalue weighted by molar-refractivity contribution is 0.102. The third kappa shape index (κ3) is 5.11. The van der Waals surface area contributed by atoms with Gasteiger partial charge in [-0.25, -0.2) is 4.39 Å². The van der Waals surface area contributed by atoms with Crippen molar-refractivity contribution in [2.75, 3.05) is 19.5 Å². The average molecular weight is 405 g/mol. The van der Waals surface area contributed by atoms with Crippen molar-refractivity contribution in [1.29, 1.82) is 0 Å². The molecule has 0 bridgehead atoms. The molecular weight excluding hydrogens is 385 g/mol. The molecule has 0 unspecified atom stereocenters. The Kier molecular flexibility index (Phi) is 6.60. The predicted octanol–water partition coefficient (Wildman–Crippen LogP) is 4.99. The standard InChI is InChI=1S/C24H20FNO4/c1-29-20-10-7-17(8-11-20)24(28)26-19-5-3-4-16(14-19)6-12-22(27)18-9-13-23(30-2)21(25)15-18/h3-15H,1-2H3,(H,26,28)/b12-6+. The molecule has 0 aliphatic carbocycles. The summed E-state index contributed by atoms with van der Waals surface area (Å²) in [7, 11) is 2.92. The van der Waals surface area contributed by atoms with Crippen LogP contribution in [0, 0.1) is 5.82 Å². The van der Waals surface area contributed by atoms with Crippen LogP contribution in [0.15, 0.2) is 72.8 Å². The minimum Gasteiger partial charge on any atom is -0.497 e. The lowest BCUT2D eigenvalue weighted by atomic mass is 10.1. The van der Waals surface area contributed by atoms with Crippen LogP contribution in [-0.2, 0) is 0 Å². The summed E-state index contributed by atoms with van der Waals surface area (Å²) in [6.45, 7) is 0. The first kappa shape index (κ1) is 20.8. The fraction of sp³-hybridized carbons (Fsp3) is 0.0833. The van der Waals surface area contributed by atoms with E-state index in [1.807, 2.05) is 0 Å². The number of benzene rings is 3. The normalized spacial score (nSPS) is 10.6. The van der Waals surface area contributed by atoms with Gasteiger partial charge < -0.3 is 14.8 Å². The van der Waals surface area contributed by atoms with Gasteiger partial charge in [-0.15, -0.1) is 0 Å². The zero-order valence-corrected chi connectivity index (χ0v) is 16.5. The maximum Gasteiger partial charge on any atom is 0.255 e. The maximum atomic E-state index is 13.8. The van der Waals surface area contributed by atoms with Gasteiger partial charge in [0.15, 0.2) is 17.3 Å². The van der Waals surface area contributed by atoms with Gasteiger partial charge in [0, 0.05) is 16.8 Å². The van der Waals surface area contributed by atoms with Gasteiger partial charge in [-0.2, -0.15) is 0 Å². The Labute approximate surface area is 173 Å². The van der Waals surface area contributed by atoms with Crippen LogP contribution < -0.4 is 14.8 Å². The molecule has 0 fully saturated rings. The summed E-state index contributed by atoms with van der Waals surface area (Å²) in [5, 5.41) is 2.81. The Hall–Kier alpha value is -3.93. The van der Waals surface area contributed by atoms with E-state index in [9.17, 15) is 14.0 Å². The van der Waals surface area contributed by atoms with Gasteiger partial charge in [0.1, 0.15) is 5.75 Å². The summed E-state index contributed by atoms with van der Waals surface area (Å²) in [4.78, 5) is 24.7. The van der Waals surface area contributed by atoms with Gasteiger partial charge in [0.2, 0.25) is 0 Å². The van der Waals surface area contributed by atoms with Crippen molar-refractivity contribution < 1.29 is 23.5 Å². The molecular formula is C24H20FNO4. The van der Waals surface area contributed by atoms with E-state index in [1.54, 1.807) is 61.7 Å².